The van der Waals surface area contributed by atoms with Gasteiger partial charge in [0.15, 0.2) is 0 Å². The fraction of sp³-hybridized carbons (Fsp3) is 0.455. The SMILES string of the molecule is CC(CS(C)(=O)=O)NCc1ccc(O)c(Cl)c1. The van der Waals surface area contributed by atoms with E-state index in [1.54, 1.807) is 12.1 Å². The van der Waals surface area contributed by atoms with Crippen LogP contribution in [0.15, 0.2) is 18.2 Å². The first-order valence-corrected chi connectivity index (χ1v) is 7.60. The lowest BCUT2D eigenvalue weighted by atomic mass is 10.2. The minimum atomic E-state index is -2.97. The van der Waals surface area contributed by atoms with E-state index in [-0.39, 0.29) is 17.5 Å². The molecule has 1 atom stereocenters. The van der Waals surface area contributed by atoms with E-state index in [9.17, 15) is 13.5 Å². The van der Waals surface area contributed by atoms with Crippen LogP contribution in [0, 0.1) is 0 Å². The Balaban J connectivity index is 2.53. The number of aromatic hydroxyl groups is 1. The monoisotopic (exact) mass is 277 g/mol. The lowest BCUT2D eigenvalue weighted by molar-refractivity contribution is 0.475. The number of phenolic OH excluding ortho intramolecular Hbond substituents is 1. The van der Waals surface area contributed by atoms with Crippen LogP contribution in [0.25, 0.3) is 0 Å². The zero-order valence-corrected chi connectivity index (χ0v) is 11.3. The minimum absolute atomic E-state index is 0.0413. The topological polar surface area (TPSA) is 66.4 Å². The fourth-order valence-electron chi connectivity index (χ4n) is 1.47. The second-order valence-electron chi connectivity index (χ2n) is 4.16. The van der Waals surface area contributed by atoms with E-state index in [1.807, 2.05) is 6.92 Å². The summed E-state index contributed by atoms with van der Waals surface area (Å²) in [6.45, 7) is 2.32. The van der Waals surface area contributed by atoms with Gasteiger partial charge in [-0.05, 0) is 24.6 Å². The molecule has 0 fully saturated rings. The van der Waals surface area contributed by atoms with Gasteiger partial charge >= 0.3 is 0 Å². The molecule has 0 aromatic heterocycles. The summed E-state index contributed by atoms with van der Waals surface area (Å²) in [6.07, 6.45) is 1.21. The van der Waals surface area contributed by atoms with E-state index in [4.69, 9.17) is 11.6 Å². The number of sulfone groups is 1. The number of nitrogens with one attached hydrogen (secondary N) is 1. The van der Waals surface area contributed by atoms with E-state index in [0.29, 0.717) is 11.6 Å². The van der Waals surface area contributed by atoms with Crippen LogP contribution in [0.5, 0.6) is 5.75 Å². The third kappa shape index (κ3) is 5.39. The molecule has 0 saturated carbocycles. The van der Waals surface area contributed by atoms with E-state index in [2.05, 4.69) is 5.32 Å². The van der Waals surface area contributed by atoms with Gasteiger partial charge in [-0.25, -0.2) is 8.42 Å². The van der Waals surface area contributed by atoms with Crippen LogP contribution < -0.4 is 5.32 Å². The van der Waals surface area contributed by atoms with Crippen molar-refractivity contribution in [1.29, 1.82) is 0 Å². The summed E-state index contributed by atoms with van der Waals surface area (Å²) in [7, 11) is -2.97. The Kier molecular flexibility index (Phi) is 4.80. The van der Waals surface area contributed by atoms with Crippen LogP contribution in [-0.2, 0) is 16.4 Å². The molecule has 1 aromatic carbocycles. The van der Waals surface area contributed by atoms with Gasteiger partial charge in [0.2, 0.25) is 0 Å². The van der Waals surface area contributed by atoms with E-state index < -0.39 is 9.84 Å². The van der Waals surface area contributed by atoms with Crippen molar-refractivity contribution in [2.24, 2.45) is 0 Å². The van der Waals surface area contributed by atoms with Crippen molar-refractivity contribution in [3.63, 3.8) is 0 Å². The Labute approximate surface area is 107 Å². The highest BCUT2D eigenvalue weighted by Crippen LogP contribution is 2.23. The highest BCUT2D eigenvalue weighted by Gasteiger charge is 2.10. The molecule has 2 N–H and O–H groups in total. The first-order chi connectivity index (χ1) is 7.78. The molecule has 0 amide bonds. The van der Waals surface area contributed by atoms with Gasteiger partial charge in [-0.1, -0.05) is 17.7 Å². The van der Waals surface area contributed by atoms with Crippen molar-refractivity contribution >= 4 is 21.4 Å². The van der Waals surface area contributed by atoms with Crippen LogP contribution in [0.3, 0.4) is 0 Å². The number of hydrogen-bond donors (Lipinski definition) is 2. The number of hydrogen-bond acceptors (Lipinski definition) is 4. The Morgan fingerprint density at radius 2 is 2.12 bits per heavy atom. The van der Waals surface area contributed by atoms with Gasteiger partial charge in [0.1, 0.15) is 15.6 Å². The quantitative estimate of drug-likeness (QED) is 0.857. The summed E-state index contributed by atoms with van der Waals surface area (Å²) in [5.41, 5.74) is 0.896. The summed E-state index contributed by atoms with van der Waals surface area (Å²) in [6, 6.07) is 4.77. The maximum atomic E-state index is 11.1. The molecule has 0 spiro atoms. The normalized spacial score (nSPS) is 13.6. The molecule has 1 rings (SSSR count). The van der Waals surface area contributed by atoms with E-state index in [1.165, 1.54) is 12.3 Å². The maximum Gasteiger partial charge on any atom is 0.148 e. The molecular formula is C11H16ClNO3S. The number of rotatable bonds is 5. The highest BCUT2D eigenvalue weighted by molar-refractivity contribution is 7.90. The first-order valence-electron chi connectivity index (χ1n) is 5.16. The van der Waals surface area contributed by atoms with Crippen LogP contribution in [0.2, 0.25) is 5.02 Å². The van der Waals surface area contributed by atoms with Crippen LogP contribution >= 0.6 is 11.6 Å². The maximum absolute atomic E-state index is 11.1. The van der Waals surface area contributed by atoms with Crippen molar-refractivity contribution < 1.29 is 13.5 Å². The Bertz CT molecular complexity index is 487. The fourth-order valence-corrected chi connectivity index (χ4v) is 2.69. The Morgan fingerprint density at radius 1 is 1.47 bits per heavy atom. The zero-order chi connectivity index (χ0) is 13.1. The predicted octanol–water partition coefficient (Wildman–Crippen LogP) is 1.57. The molecule has 0 radical (unpaired) electrons. The average Bonchev–Trinajstić information content (AvgIpc) is 2.17. The molecule has 17 heavy (non-hydrogen) atoms. The Morgan fingerprint density at radius 3 is 2.65 bits per heavy atom. The van der Waals surface area contributed by atoms with Gasteiger partial charge in [-0.15, -0.1) is 0 Å². The summed E-state index contributed by atoms with van der Waals surface area (Å²) >= 11 is 5.76. The van der Waals surface area contributed by atoms with E-state index >= 15 is 0 Å². The summed E-state index contributed by atoms with van der Waals surface area (Å²) in [5, 5.41) is 12.6. The van der Waals surface area contributed by atoms with Crippen LogP contribution in [-0.4, -0.2) is 31.6 Å². The Hall–Kier alpha value is -0.780. The third-order valence-electron chi connectivity index (χ3n) is 2.22. The molecule has 6 heteroatoms. The molecule has 0 bridgehead atoms. The van der Waals surface area contributed by atoms with Crippen molar-refractivity contribution in [2.75, 3.05) is 12.0 Å². The zero-order valence-electron chi connectivity index (χ0n) is 9.77. The number of benzene rings is 1. The van der Waals surface area contributed by atoms with Gasteiger partial charge in [-0.3, -0.25) is 0 Å². The molecule has 1 unspecified atom stereocenters. The number of phenols is 1. The van der Waals surface area contributed by atoms with Crippen molar-refractivity contribution in [3.05, 3.63) is 28.8 Å². The molecule has 0 aliphatic rings. The molecule has 0 aliphatic carbocycles. The highest BCUT2D eigenvalue weighted by atomic mass is 35.5. The van der Waals surface area contributed by atoms with Gasteiger partial charge in [0.25, 0.3) is 0 Å². The molecule has 1 aromatic rings. The molecule has 0 heterocycles. The largest absolute Gasteiger partial charge is 0.506 e. The lowest BCUT2D eigenvalue weighted by Gasteiger charge is -2.12. The smallest absolute Gasteiger partial charge is 0.148 e. The summed E-state index contributed by atoms with van der Waals surface area (Å²) in [5.74, 6) is 0.137. The first kappa shape index (κ1) is 14.3. The van der Waals surface area contributed by atoms with Crippen molar-refractivity contribution in [2.45, 2.75) is 19.5 Å². The minimum Gasteiger partial charge on any atom is -0.506 e. The second kappa shape index (κ2) is 5.71. The van der Waals surface area contributed by atoms with Crippen LogP contribution in [0.4, 0.5) is 0 Å². The van der Waals surface area contributed by atoms with Crippen molar-refractivity contribution in [3.8, 4) is 5.75 Å². The molecule has 0 saturated heterocycles. The average molecular weight is 278 g/mol. The van der Waals surface area contributed by atoms with Crippen molar-refractivity contribution in [1.82, 2.24) is 5.32 Å². The molecule has 4 nitrogen and oxygen atoms in total. The molecule has 0 aliphatic heterocycles. The second-order valence-corrected chi connectivity index (χ2v) is 6.75. The molecular weight excluding hydrogens is 262 g/mol. The number of halogens is 1. The van der Waals surface area contributed by atoms with E-state index in [0.717, 1.165) is 5.56 Å². The van der Waals surface area contributed by atoms with Crippen LogP contribution in [0.1, 0.15) is 12.5 Å². The predicted molar refractivity (Wildman–Crippen MR) is 69.1 cm³/mol. The van der Waals surface area contributed by atoms with Gasteiger partial charge in [0, 0.05) is 18.8 Å². The third-order valence-corrected chi connectivity index (χ3v) is 3.63. The summed E-state index contributed by atoms with van der Waals surface area (Å²) in [4.78, 5) is 0. The summed E-state index contributed by atoms with van der Waals surface area (Å²) < 4.78 is 22.1. The van der Waals surface area contributed by atoms with Gasteiger partial charge in [0.05, 0.1) is 10.8 Å². The standard InChI is InChI=1S/C11H16ClNO3S/c1-8(7-17(2,15)16)13-6-9-3-4-11(14)10(12)5-9/h3-5,8,13-14H,6-7H2,1-2H3. The van der Waals surface area contributed by atoms with Gasteiger partial charge in [-0.2, -0.15) is 0 Å². The van der Waals surface area contributed by atoms with Gasteiger partial charge < -0.3 is 10.4 Å². The molecule has 96 valence electrons. The lowest BCUT2D eigenvalue weighted by Crippen LogP contribution is -2.32.